The largest absolute Gasteiger partial charge is 0.352 e. The Morgan fingerprint density at radius 2 is 1.71 bits per heavy atom. The zero-order valence-electron chi connectivity index (χ0n) is 13.7. The third-order valence-corrected chi connectivity index (χ3v) is 4.82. The van der Waals surface area contributed by atoms with Gasteiger partial charge in [0.1, 0.15) is 0 Å². The second-order valence-electron chi connectivity index (χ2n) is 5.68. The summed E-state index contributed by atoms with van der Waals surface area (Å²) < 4.78 is 2.01. The predicted molar refractivity (Wildman–Crippen MR) is 102 cm³/mol. The zero-order valence-corrected chi connectivity index (χ0v) is 15.2. The van der Waals surface area contributed by atoms with Gasteiger partial charge in [-0.2, -0.15) is 0 Å². The van der Waals surface area contributed by atoms with E-state index in [2.05, 4.69) is 41.5 Å². The lowest BCUT2D eigenvalue weighted by Crippen LogP contribution is -2.05. The number of hydrogen-bond acceptors (Lipinski definition) is 2. The minimum absolute atomic E-state index is 0.542. The van der Waals surface area contributed by atoms with Crippen molar-refractivity contribution in [1.29, 1.82) is 0 Å². The molecular weight excluding hydrogens is 341 g/mol. The number of rotatable bonds is 5. The summed E-state index contributed by atoms with van der Waals surface area (Å²) in [6.45, 7) is 2.89. The second-order valence-corrected chi connectivity index (χ2v) is 6.49. The molecule has 3 nitrogen and oxygen atoms in total. The molecule has 0 unspecified atom stereocenters. The maximum absolute atomic E-state index is 6.11. The van der Waals surface area contributed by atoms with E-state index in [-0.39, 0.29) is 0 Å². The molecule has 5 heteroatoms. The minimum Gasteiger partial charge on any atom is -0.352 e. The average molecular weight is 360 g/mol. The Morgan fingerprint density at radius 3 is 2.38 bits per heavy atom. The van der Waals surface area contributed by atoms with Gasteiger partial charge in [-0.05, 0) is 29.7 Å². The van der Waals surface area contributed by atoms with Gasteiger partial charge in [0.2, 0.25) is 5.95 Å². The Hall–Kier alpha value is -1.97. The van der Waals surface area contributed by atoms with Crippen molar-refractivity contribution in [1.82, 2.24) is 9.55 Å². The quantitative estimate of drug-likeness (QED) is 0.645. The van der Waals surface area contributed by atoms with Crippen LogP contribution in [0.25, 0.3) is 11.3 Å². The highest BCUT2D eigenvalue weighted by Crippen LogP contribution is 2.29. The van der Waals surface area contributed by atoms with E-state index >= 15 is 0 Å². The summed E-state index contributed by atoms with van der Waals surface area (Å²) in [6.07, 6.45) is 2.89. The molecule has 0 aliphatic rings. The van der Waals surface area contributed by atoms with Gasteiger partial charge in [-0.25, -0.2) is 4.98 Å². The maximum Gasteiger partial charge on any atom is 0.203 e. The number of aromatic nitrogens is 2. The van der Waals surface area contributed by atoms with E-state index < -0.39 is 0 Å². The van der Waals surface area contributed by atoms with Crippen molar-refractivity contribution in [2.75, 3.05) is 5.32 Å². The first kappa shape index (κ1) is 16.9. The molecule has 0 amide bonds. The first-order valence-electron chi connectivity index (χ1n) is 7.87. The molecule has 1 heterocycles. The predicted octanol–water partition coefficient (Wildman–Crippen LogP) is 5.57. The molecule has 0 aliphatic carbocycles. The van der Waals surface area contributed by atoms with Gasteiger partial charge in [-0.1, -0.05) is 60.5 Å². The lowest BCUT2D eigenvalue weighted by atomic mass is 10.1. The van der Waals surface area contributed by atoms with Crippen LogP contribution in [-0.4, -0.2) is 9.55 Å². The van der Waals surface area contributed by atoms with Gasteiger partial charge in [0.25, 0.3) is 0 Å². The third kappa shape index (κ3) is 3.58. The molecule has 0 fully saturated rings. The van der Waals surface area contributed by atoms with Crippen molar-refractivity contribution in [3.8, 4) is 11.3 Å². The summed E-state index contributed by atoms with van der Waals surface area (Å²) in [7, 11) is 1.98. The molecule has 1 N–H and O–H groups in total. The molecule has 0 atom stereocenters. The maximum atomic E-state index is 6.11. The van der Waals surface area contributed by atoms with Crippen LogP contribution in [0.1, 0.15) is 18.1 Å². The van der Waals surface area contributed by atoms with Gasteiger partial charge in [0.05, 0.1) is 21.9 Å². The van der Waals surface area contributed by atoms with Gasteiger partial charge >= 0.3 is 0 Å². The summed E-state index contributed by atoms with van der Waals surface area (Å²) in [5.41, 5.74) is 4.54. The molecule has 1 aromatic heterocycles. The minimum atomic E-state index is 0.542. The lowest BCUT2D eigenvalue weighted by molar-refractivity contribution is 0.906. The summed E-state index contributed by atoms with van der Waals surface area (Å²) in [4.78, 5) is 4.47. The molecule has 24 heavy (non-hydrogen) atoms. The van der Waals surface area contributed by atoms with Crippen LogP contribution in [0.5, 0.6) is 0 Å². The van der Waals surface area contributed by atoms with Gasteiger partial charge < -0.3 is 9.88 Å². The highest BCUT2D eigenvalue weighted by molar-refractivity contribution is 6.42. The summed E-state index contributed by atoms with van der Waals surface area (Å²) in [6, 6.07) is 14.2. The van der Waals surface area contributed by atoms with E-state index in [4.69, 9.17) is 23.2 Å². The highest BCUT2D eigenvalue weighted by atomic mass is 35.5. The number of benzene rings is 2. The summed E-state index contributed by atoms with van der Waals surface area (Å²) >= 11 is 12.1. The van der Waals surface area contributed by atoms with Gasteiger partial charge in [0, 0.05) is 19.2 Å². The molecule has 0 saturated carbocycles. The first-order chi connectivity index (χ1) is 11.6. The fourth-order valence-corrected chi connectivity index (χ4v) is 2.87. The Labute approximate surface area is 152 Å². The molecule has 0 aliphatic heterocycles. The van der Waals surface area contributed by atoms with Crippen LogP contribution in [0.2, 0.25) is 10.0 Å². The SMILES string of the molecule is CCc1ccc(CNc2ncc(-c3ccc(Cl)c(Cl)c3)n2C)cc1. The van der Waals surface area contributed by atoms with Crippen molar-refractivity contribution in [3.05, 3.63) is 69.8 Å². The van der Waals surface area contributed by atoms with E-state index in [1.165, 1.54) is 11.1 Å². The van der Waals surface area contributed by atoms with Crippen LogP contribution in [0.15, 0.2) is 48.7 Å². The number of anilines is 1. The van der Waals surface area contributed by atoms with E-state index in [0.29, 0.717) is 10.0 Å². The van der Waals surface area contributed by atoms with Crippen molar-refractivity contribution in [2.45, 2.75) is 19.9 Å². The Kier molecular flexibility index (Phi) is 5.12. The molecule has 0 radical (unpaired) electrons. The van der Waals surface area contributed by atoms with E-state index in [1.54, 1.807) is 6.07 Å². The summed E-state index contributed by atoms with van der Waals surface area (Å²) in [5.74, 6) is 0.815. The fraction of sp³-hybridized carbons (Fsp3) is 0.211. The number of aryl methyl sites for hydroxylation is 1. The van der Waals surface area contributed by atoms with Crippen molar-refractivity contribution in [3.63, 3.8) is 0 Å². The van der Waals surface area contributed by atoms with E-state index in [0.717, 1.165) is 30.2 Å². The van der Waals surface area contributed by atoms with Crippen LogP contribution in [0.4, 0.5) is 5.95 Å². The van der Waals surface area contributed by atoms with E-state index in [9.17, 15) is 0 Å². The smallest absolute Gasteiger partial charge is 0.203 e. The molecule has 0 saturated heterocycles. The second kappa shape index (κ2) is 7.29. The Balaban J connectivity index is 1.75. The monoisotopic (exact) mass is 359 g/mol. The van der Waals surface area contributed by atoms with E-state index in [1.807, 2.05) is 29.9 Å². The standard InChI is InChI=1S/C19H19Cl2N3/c1-3-13-4-6-14(7-5-13)11-22-19-23-12-18(24(19)2)15-8-9-16(20)17(21)10-15/h4-10,12H,3,11H2,1-2H3,(H,22,23). The van der Waals surface area contributed by atoms with Gasteiger partial charge in [0.15, 0.2) is 0 Å². The van der Waals surface area contributed by atoms with Crippen LogP contribution in [-0.2, 0) is 20.0 Å². The van der Waals surface area contributed by atoms with Crippen LogP contribution in [0.3, 0.4) is 0 Å². The third-order valence-electron chi connectivity index (χ3n) is 4.09. The molecule has 2 aromatic carbocycles. The van der Waals surface area contributed by atoms with Crippen LogP contribution in [0, 0.1) is 0 Å². The molecule has 3 rings (SSSR count). The molecule has 3 aromatic rings. The normalized spacial score (nSPS) is 10.8. The average Bonchev–Trinajstić information content (AvgIpc) is 2.97. The summed E-state index contributed by atoms with van der Waals surface area (Å²) in [5, 5.41) is 4.47. The molecular formula is C19H19Cl2N3. The molecule has 0 spiro atoms. The number of nitrogens with zero attached hydrogens (tertiary/aromatic N) is 2. The number of hydrogen-bond donors (Lipinski definition) is 1. The highest BCUT2D eigenvalue weighted by Gasteiger charge is 2.10. The first-order valence-corrected chi connectivity index (χ1v) is 8.63. The van der Waals surface area contributed by atoms with Crippen molar-refractivity contribution >= 4 is 29.2 Å². The lowest BCUT2D eigenvalue weighted by Gasteiger charge is -2.09. The molecule has 0 bridgehead atoms. The number of imidazole rings is 1. The Bertz CT molecular complexity index is 838. The zero-order chi connectivity index (χ0) is 17.1. The topological polar surface area (TPSA) is 29.9 Å². The van der Waals surface area contributed by atoms with Crippen molar-refractivity contribution in [2.24, 2.45) is 7.05 Å². The van der Waals surface area contributed by atoms with Crippen LogP contribution >= 0.6 is 23.2 Å². The van der Waals surface area contributed by atoms with Gasteiger partial charge in [-0.3, -0.25) is 0 Å². The molecule has 124 valence electrons. The van der Waals surface area contributed by atoms with Crippen LogP contribution < -0.4 is 5.32 Å². The Morgan fingerprint density at radius 1 is 1.00 bits per heavy atom. The van der Waals surface area contributed by atoms with Gasteiger partial charge in [-0.15, -0.1) is 0 Å². The number of halogens is 2. The number of nitrogens with one attached hydrogen (secondary N) is 1. The van der Waals surface area contributed by atoms with Crippen molar-refractivity contribution < 1.29 is 0 Å². The fourth-order valence-electron chi connectivity index (χ4n) is 2.57.